The topological polar surface area (TPSA) is 15.3 Å². The Morgan fingerprint density at radius 1 is 1.11 bits per heavy atom. The van der Waals surface area contributed by atoms with Crippen molar-refractivity contribution >= 4 is 22.7 Å². The van der Waals surface area contributed by atoms with Crippen molar-refractivity contribution in [2.75, 3.05) is 24.3 Å². The molecular weight excluding hydrogens is 240 g/mol. The smallest absolute Gasteiger partial charge is 0.0581 e. The first kappa shape index (κ1) is 13.0. The Bertz CT molecular complexity index is 499. The van der Waals surface area contributed by atoms with Gasteiger partial charge in [0.2, 0.25) is 0 Å². The predicted molar refractivity (Wildman–Crippen MR) is 81.9 cm³/mol. The number of hydrogen-bond acceptors (Lipinski definition) is 3. The second-order valence-corrected chi connectivity index (χ2v) is 5.72. The van der Waals surface area contributed by atoms with Crippen molar-refractivity contribution in [3.8, 4) is 0 Å². The van der Waals surface area contributed by atoms with Gasteiger partial charge in [-0.05, 0) is 55.1 Å². The predicted octanol–water partition coefficient (Wildman–Crippen LogP) is 4.30. The highest BCUT2D eigenvalue weighted by Gasteiger charge is 2.09. The molecule has 0 fully saturated rings. The van der Waals surface area contributed by atoms with E-state index in [-0.39, 0.29) is 0 Å². The molecule has 2 aromatic rings. The summed E-state index contributed by atoms with van der Waals surface area (Å²) in [6, 6.07) is 11.1. The van der Waals surface area contributed by atoms with Gasteiger partial charge in [-0.15, -0.1) is 11.3 Å². The second kappa shape index (κ2) is 5.44. The quantitative estimate of drug-likeness (QED) is 0.882. The summed E-state index contributed by atoms with van der Waals surface area (Å²) in [5, 5.41) is 5.69. The fourth-order valence-corrected chi connectivity index (χ4v) is 2.94. The molecule has 1 unspecified atom stereocenters. The molecule has 3 heteroatoms. The van der Waals surface area contributed by atoms with E-state index in [1.54, 1.807) is 0 Å². The third-order valence-electron chi connectivity index (χ3n) is 3.06. The summed E-state index contributed by atoms with van der Waals surface area (Å²) in [6.45, 7) is 4.37. The number of nitrogens with one attached hydrogen (secondary N) is 1. The van der Waals surface area contributed by atoms with Crippen molar-refractivity contribution in [3.63, 3.8) is 0 Å². The molecule has 0 spiro atoms. The van der Waals surface area contributed by atoms with Crippen molar-refractivity contribution in [1.82, 2.24) is 0 Å². The van der Waals surface area contributed by atoms with Gasteiger partial charge in [-0.3, -0.25) is 0 Å². The van der Waals surface area contributed by atoms with E-state index in [9.17, 15) is 0 Å². The molecule has 2 rings (SSSR count). The van der Waals surface area contributed by atoms with Gasteiger partial charge in [0.05, 0.1) is 6.04 Å². The van der Waals surface area contributed by atoms with Crippen LogP contribution >= 0.6 is 11.3 Å². The Hall–Kier alpha value is -1.48. The Labute approximate surface area is 113 Å². The summed E-state index contributed by atoms with van der Waals surface area (Å²) in [6.07, 6.45) is 0. The SMILES string of the molecule is Cc1ccsc1C(C)Nc1ccc(N(C)C)cc1. The number of thiophene rings is 1. The molecule has 2 nitrogen and oxygen atoms in total. The van der Waals surface area contributed by atoms with Crippen LogP contribution in [-0.2, 0) is 0 Å². The van der Waals surface area contributed by atoms with Crippen LogP contribution in [0.1, 0.15) is 23.4 Å². The second-order valence-electron chi connectivity index (χ2n) is 4.78. The lowest BCUT2D eigenvalue weighted by Crippen LogP contribution is -2.09. The lowest BCUT2D eigenvalue weighted by Gasteiger charge is -2.17. The highest BCUT2D eigenvalue weighted by molar-refractivity contribution is 7.10. The maximum atomic E-state index is 3.54. The molecule has 0 saturated carbocycles. The number of nitrogens with zero attached hydrogens (tertiary/aromatic N) is 1. The van der Waals surface area contributed by atoms with Gasteiger partial charge in [0, 0.05) is 30.3 Å². The van der Waals surface area contributed by atoms with E-state index in [0.717, 1.165) is 0 Å². The zero-order valence-electron chi connectivity index (χ0n) is 11.4. The van der Waals surface area contributed by atoms with E-state index < -0.39 is 0 Å². The van der Waals surface area contributed by atoms with E-state index in [1.807, 2.05) is 11.3 Å². The number of aryl methyl sites for hydroxylation is 1. The van der Waals surface area contributed by atoms with Crippen molar-refractivity contribution in [1.29, 1.82) is 0 Å². The first-order valence-electron chi connectivity index (χ1n) is 6.16. The molecule has 0 aliphatic rings. The summed E-state index contributed by atoms with van der Waals surface area (Å²) in [7, 11) is 4.11. The molecule has 0 amide bonds. The van der Waals surface area contributed by atoms with Gasteiger partial charge < -0.3 is 10.2 Å². The molecular formula is C15H20N2S. The minimum atomic E-state index is 0.357. The van der Waals surface area contributed by atoms with E-state index in [0.29, 0.717) is 6.04 Å². The average Bonchev–Trinajstić information content (AvgIpc) is 2.76. The number of hydrogen-bond donors (Lipinski definition) is 1. The van der Waals surface area contributed by atoms with E-state index in [1.165, 1.54) is 21.8 Å². The standard InChI is InChI=1S/C15H20N2S/c1-11-9-10-18-15(11)12(2)16-13-5-7-14(8-6-13)17(3)4/h5-10,12,16H,1-4H3. The number of anilines is 2. The first-order valence-corrected chi connectivity index (χ1v) is 7.04. The monoisotopic (exact) mass is 260 g/mol. The van der Waals surface area contributed by atoms with E-state index in [4.69, 9.17) is 0 Å². The van der Waals surface area contributed by atoms with Crippen molar-refractivity contribution in [2.45, 2.75) is 19.9 Å². The highest BCUT2D eigenvalue weighted by Crippen LogP contribution is 2.27. The molecule has 18 heavy (non-hydrogen) atoms. The van der Waals surface area contributed by atoms with E-state index >= 15 is 0 Å². The van der Waals surface area contributed by atoms with Gasteiger partial charge in [-0.2, -0.15) is 0 Å². The third-order valence-corrected chi connectivity index (χ3v) is 4.26. The summed E-state index contributed by atoms with van der Waals surface area (Å²) in [4.78, 5) is 3.52. The van der Waals surface area contributed by atoms with Crippen LogP contribution in [0.25, 0.3) is 0 Å². The normalized spacial score (nSPS) is 12.2. The van der Waals surface area contributed by atoms with Gasteiger partial charge in [0.1, 0.15) is 0 Å². The van der Waals surface area contributed by atoms with Crippen LogP contribution in [0.2, 0.25) is 0 Å². The van der Waals surface area contributed by atoms with Crippen LogP contribution in [0.5, 0.6) is 0 Å². The maximum absolute atomic E-state index is 3.54. The van der Waals surface area contributed by atoms with Crippen LogP contribution in [0.4, 0.5) is 11.4 Å². The van der Waals surface area contributed by atoms with Crippen molar-refractivity contribution < 1.29 is 0 Å². The summed E-state index contributed by atoms with van der Waals surface area (Å²) in [5.74, 6) is 0. The van der Waals surface area contributed by atoms with Crippen molar-refractivity contribution in [2.24, 2.45) is 0 Å². The minimum Gasteiger partial charge on any atom is -0.378 e. The highest BCUT2D eigenvalue weighted by atomic mass is 32.1. The molecule has 96 valence electrons. The van der Waals surface area contributed by atoms with Gasteiger partial charge in [0.25, 0.3) is 0 Å². The summed E-state index contributed by atoms with van der Waals surface area (Å²) >= 11 is 1.81. The van der Waals surface area contributed by atoms with Crippen LogP contribution < -0.4 is 10.2 Å². The molecule has 0 radical (unpaired) electrons. The lowest BCUT2D eigenvalue weighted by molar-refractivity contribution is 0.899. The first-order chi connectivity index (χ1) is 8.58. The number of benzene rings is 1. The summed E-state index contributed by atoms with van der Waals surface area (Å²) < 4.78 is 0. The average molecular weight is 260 g/mol. The largest absolute Gasteiger partial charge is 0.378 e. The van der Waals surface area contributed by atoms with Gasteiger partial charge >= 0.3 is 0 Å². The fraction of sp³-hybridized carbons (Fsp3) is 0.333. The molecule has 1 aromatic heterocycles. The fourth-order valence-electron chi connectivity index (χ4n) is 2.00. The number of rotatable bonds is 4. The Morgan fingerprint density at radius 3 is 2.28 bits per heavy atom. The van der Waals surface area contributed by atoms with Crippen LogP contribution in [0.3, 0.4) is 0 Å². The maximum Gasteiger partial charge on any atom is 0.0581 e. The minimum absolute atomic E-state index is 0.357. The van der Waals surface area contributed by atoms with Crippen LogP contribution in [-0.4, -0.2) is 14.1 Å². The molecule has 1 aromatic carbocycles. The summed E-state index contributed by atoms with van der Waals surface area (Å²) in [5.41, 5.74) is 3.76. The van der Waals surface area contributed by atoms with Gasteiger partial charge in [-0.1, -0.05) is 0 Å². The Balaban J connectivity index is 2.08. The third kappa shape index (κ3) is 2.85. The zero-order chi connectivity index (χ0) is 13.1. The molecule has 1 N–H and O–H groups in total. The van der Waals surface area contributed by atoms with Crippen LogP contribution in [0.15, 0.2) is 35.7 Å². The Kier molecular flexibility index (Phi) is 3.92. The van der Waals surface area contributed by atoms with E-state index in [2.05, 4.69) is 73.9 Å². The molecule has 1 atom stereocenters. The lowest BCUT2D eigenvalue weighted by atomic mass is 10.2. The van der Waals surface area contributed by atoms with Gasteiger partial charge in [-0.25, -0.2) is 0 Å². The van der Waals surface area contributed by atoms with Crippen molar-refractivity contribution in [3.05, 3.63) is 46.2 Å². The molecule has 0 bridgehead atoms. The molecule has 0 saturated heterocycles. The molecule has 0 aliphatic heterocycles. The van der Waals surface area contributed by atoms with Crippen LogP contribution in [0, 0.1) is 6.92 Å². The van der Waals surface area contributed by atoms with Gasteiger partial charge in [0.15, 0.2) is 0 Å². The Morgan fingerprint density at radius 2 is 1.78 bits per heavy atom. The molecule has 1 heterocycles. The molecule has 0 aliphatic carbocycles. The zero-order valence-corrected chi connectivity index (χ0v) is 12.2.